The third-order valence-electron chi connectivity index (χ3n) is 3.89. The van der Waals surface area contributed by atoms with Crippen LogP contribution in [0.4, 0.5) is 0 Å². The zero-order valence-corrected chi connectivity index (χ0v) is 13.5. The molecule has 0 spiro atoms. The van der Waals surface area contributed by atoms with Crippen LogP contribution in [0.1, 0.15) is 52.9 Å². The molecule has 0 radical (unpaired) electrons. The Hall–Kier alpha value is -0.760. The quantitative estimate of drug-likeness (QED) is 0.624. The van der Waals surface area contributed by atoms with Crippen LogP contribution in [-0.4, -0.2) is 30.7 Å². The number of nitrogens with zero attached hydrogens (tertiary/aromatic N) is 1. The predicted molar refractivity (Wildman–Crippen MR) is 85.3 cm³/mol. The van der Waals surface area contributed by atoms with E-state index >= 15 is 0 Å². The zero-order valence-electron chi connectivity index (χ0n) is 13.5. The highest BCUT2D eigenvalue weighted by atomic mass is 16.5. The summed E-state index contributed by atoms with van der Waals surface area (Å²) in [6.45, 7) is 17.8. The molecule has 1 aliphatic heterocycles. The van der Waals surface area contributed by atoms with E-state index in [9.17, 15) is 0 Å². The molecule has 1 heterocycles. The molecule has 1 fully saturated rings. The lowest BCUT2D eigenvalue weighted by atomic mass is 9.97. The summed E-state index contributed by atoms with van der Waals surface area (Å²) < 4.78 is 5.80. The van der Waals surface area contributed by atoms with Crippen LogP contribution in [0.2, 0.25) is 0 Å². The number of hydrogen-bond donors (Lipinski definition) is 0. The molecule has 2 atom stereocenters. The minimum Gasteiger partial charge on any atom is -0.378 e. The van der Waals surface area contributed by atoms with E-state index in [2.05, 4.69) is 52.5 Å². The third-order valence-corrected chi connectivity index (χ3v) is 3.89. The van der Waals surface area contributed by atoms with E-state index in [1.807, 2.05) is 0 Å². The molecule has 2 nitrogen and oxygen atoms in total. The van der Waals surface area contributed by atoms with Gasteiger partial charge in [-0.1, -0.05) is 19.9 Å². The first-order valence-corrected chi connectivity index (χ1v) is 7.56. The molecule has 2 heteroatoms. The lowest BCUT2D eigenvalue weighted by Crippen LogP contribution is -2.25. The highest BCUT2D eigenvalue weighted by Crippen LogP contribution is 2.27. The van der Waals surface area contributed by atoms with Crippen molar-refractivity contribution in [2.45, 2.75) is 65.0 Å². The van der Waals surface area contributed by atoms with Gasteiger partial charge in [0.1, 0.15) is 0 Å². The molecule has 112 valence electrons. The molecule has 0 aromatic rings. The second-order valence-electron chi connectivity index (χ2n) is 5.66. The van der Waals surface area contributed by atoms with E-state index < -0.39 is 0 Å². The minimum atomic E-state index is 0.529. The molecule has 2 unspecified atom stereocenters. The van der Waals surface area contributed by atoms with Gasteiger partial charge in [-0.25, -0.2) is 0 Å². The van der Waals surface area contributed by atoms with Gasteiger partial charge < -0.3 is 9.64 Å². The Morgan fingerprint density at radius 3 is 2.47 bits per heavy atom. The highest BCUT2D eigenvalue weighted by Gasteiger charge is 2.24. The van der Waals surface area contributed by atoms with Gasteiger partial charge in [0.15, 0.2) is 0 Å². The lowest BCUT2D eigenvalue weighted by Gasteiger charge is -2.26. The van der Waals surface area contributed by atoms with E-state index in [4.69, 9.17) is 4.74 Å². The Morgan fingerprint density at radius 1 is 1.32 bits per heavy atom. The molecule has 1 aliphatic rings. The van der Waals surface area contributed by atoms with Crippen molar-refractivity contribution in [3.05, 3.63) is 25.4 Å². The molecule has 1 saturated heterocycles. The SMILES string of the molecule is C=C.C=C(CCC1COC(CCC)C1)N(C)C(C)C. The number of ether oxygens (including phenoxy) is 1. The van der Waals surface area contributed by atoms with Crippen LogP contribution in [0, 0.1) is 5.92 Å². The maximum Gasteiger partial charge on any atom is 0.0578 e. The van der Waals surface area contributed by atoms with Crippen molar-refractivity contribution in [2.24, 2.45) is 5.92 Å². The highest BCUT2D eigenvalue weighted by molar-refractivity contribution is 4.94. The predicted octanol–water partition coefficient (Wildman–Crippen LogP) is 4.63. The third kappa shape index (κ3) is 6.81. The van der Waals surface area contributed by atoms with Crippen molar-refractivity contribution in [3.63, 3.8) is 0 Å². The van der Waals surface area contributed by atoms with E-state index in [1.165, 1.54) is 31.4 Å². The number of rotatable bonds is 7. The topological polar surface area (TPSA) is 12.5 Å². The fourth-order valence-electron chi connectivity index (χ4n) is 2.42. The maximum atomic E-state index is 5.80. The van der Waals surface area contributed by atoms with Gasteiger partial charge in [-0.05, 0) is 45.4 Å². The van der Waals surface area contributed by atoms with Gasteiger partial charge in [-0.2, -0.15) is 0 Å². The fraction of sp³-hybridized carbons (Fsp3) is 0.765. The van der Waals surface area contributed by atoms with Crippen molar-refractivity contribution in [3.8, 4) is 0 Å². The van der Waals surface area contributed by atoms with Crippen molar-refractivity contribution in [1.29, 1.82) is 0 Å². The van der Waals surface area contributed by atoms with E-state index in [-0.39, 0.29) is 0 Å². The first kappa shape index (κ1) is 18.2. The molecule has 0 saturated carbocycles. The van der Waals surface area contributed by atoms with Crippen molar-refractivity contribution in [2.75, 3.05) is 13.7 Å². The lowest BCUT2D eigenvalue weighted by molar-refractivity contribution is 0.0990. The Morgan fingerprint density at radius 2 is 1.95 bits per heavy atom. The summed E-state index contributed by atoms with van der Waals surface area (Å²) in [5.41, 5.74) is 1.26. The van der Waals surface area contributed by atoms with Crippen LogP contribution < -0.4 is 0 Å². The maximum absolute atomic E-state index is 5.80. The second-order valence-corrected chi connectivity index (χ2v) is 5.66. The fourth-order valence-corrected chi connectivity index (χ4v) is 2.42. The van der Waals surface area contributed by atoms with Gasteiger partial charge in [-0.15, -0.1) is 13.2 Å². The normalized spacial score (nSPS) is 21.9. The summed E-state index contributed by atoms with van der Waals surface area (Å²) in [5, 5.41) is 0. The molecular formula is C17H33NO. The average molecular weight is 267 g/mol. The standard InChI is InChI=1S/C15H29NO.C2H4/c1-6-7-15-10-14(11-17-15)9-8-13(4)16(5)12(2)3;1-2/h12,14-15H,4,6-11H2,1-3,5H3;1-2H2. The van der Waals surface area contributed by atoms with Gasteiger partial charge in [0, 0.05) is 25.4 Å². The molecule has 0 aliphatic carbocycles. The van der Waals surface area contributed by atoms with Gasteiger partial charge in [0.25, 0.3) is 0 Å². The summed E-state index contributed by atoms with van der Waals surface area (Å²) in [4.78, 5) is 2.28. The van der Waals surface area contributed by atoms with Crippen LogP contribution in [0.25, 0.3) is 0 Å². The van der Waals surface area contributed by atoms with Crippen LogP contribution in [-0.2, 0) is 4.74 Å². The molecule has 0 bridgehead atoms. The molecule has 1 rings (SSSR count). The van der Waals surface area contributed by atoms with E-state index in [1.54, 1.807) is 0 Å². The number of allylic oxidation sites excluding steroid dienone is 1. The summed E-state index contributed by atoms with van der Waals surface area (Å²) in [6, 6.07) is 0.551. The van der Waals surface area contributed by atoms with E-state index in [0.717, 1.165) is 18.9 Å². The van der Waals surface area contributed by atoms with Crippen molar-refractivity contribution < 1.29 is 4.74 Å². The Labute approximate surface area is 120 Å². The summed E-state index contributed by atoms with van der Waals surface area (Å²) in [7, 11) is 2.14. The van der Waals surface area contributed by atoms with Gasteiger partial charge >= 0.3 is 0 Å². The first-order chi connectivity index (χ1) is 9.04. The first-order valence-electron chi connectivity index (χ1n) is 7.56. The van der Waals surface area contributed by atoms with Gasteiger partial charge in [0.2, 0.25) is 0 Å². The molecule has 0 amide bonds. The largest absolute Gasteiger partial charge is 0.378 e. The van der Waals surface area contributed by atoms with Crippen LogP contribution in [0.3, 0.4) is 0 Å². The number of hydrogen-bond acceptors (Lipinski definition) is 2. The molecule has 19 heavy (non-hydrogen) atoms. The van der Waals surface area contributed by atoms with E-state index in [0.29, 0.717) is 12.1 Å². The van der Waals surface area contributed by atoms with Crippen LogP contribution in [0.5, 0.6) is 0 Å². The monoisotopic (exact) mass is 267 g/mol. The van der Waals surface area contributed by atoms with Gasteiger partial charge in [0.05, 0.1) is 6.10 Å². The Bertz CT molecular complexity index is 250. The smallest absolute Gasteiger partial charge is 0.0578 e. The van der Waals surface area contributed by atoms with Gasteiger partial charge in [-0.3, -0.25) is 0 Å². The Kier molecular flexibility index (Phi) is 9.68. The summed E-state index contributed by atoms with van der Waals surface area (Å²) >= 11 is 0. The minimum absolute atomic E-state index is 0.529. The summed E-state index contributed by atoms with van der Waals surface area (Å²) in [5.74, 6) is 0.754. The zero-order chi connectivity index (χ0) is 14.8. The molecule has 0 aromatic heterocycles. The second kappa shape index (κ2) is 10.1. The Balaban J connectivity index is 0.00000154. The van der Waals surface area contributed by atoms with Crippen LogP contribution >= 0.6 is 0 Å². The molecular weight excluding hydrogens is 234 g/mol. The molecule has 0 aromatic carbocycles. The van der Waals surface area contributed by atoms with Crippen molar-refractivity contribution >= 4 is 0 Å². The van der Waals surface area contributed by atoms with Crippen molar-refractivity contribution in [1.82, 2.24) is 4.90 Å². The average Bonchev–Trinajstić information content (AvgIpc) is 2.85. The summed E-state index contributed by atoms with van der Waals surface area (Å²) in [6.07, 6.45) is 6.59. The van der Waals surface area contributed by atoms with Crippen LogP contribution in [0.15, 0.2) is 25.4 Å². The molecule has 0 N–H and O–H groups in total.